The van der Waals surface area contributed by atoms with Gasteiger partial charge in [-0.3, -0.25) is 4.79 Å². The highest BCUT2D eigenvalue weighted by atomic mass is 19.4. The van der Waals surface area contributed by atoms with Crippen LogP contribution in [0.25, 0.3) is 0 Å². The van der Waals surface area contributed by atoms with Crippen LogP contribution in [0.5, 0.6) is 0 Å². The van der Waals surface area contributed by atoms with Crippen LogP contribution in [0, 0.1) is 0 Å². The van der Waals surface area contributed by atoms with E-state index in [1.54, 1.807) is 0 Å². The summed E-state index contributed by atoms with van der Waals surface area (Å²) in [5, 5.41) is 3.83. The van der Waals surface area contributed by atoms with E-state index in [1.165, 1.54) is 11.0 Å². The highest BCUT2D eigenvalue weighted by Crippen LogP contribution is 2.20. The van der Waals surface area contributed by atoms with Crippen molar-refractivity contribution in [2.75, 3.05) is 0 Å². The number of Topliss-reactive ketones (excluding diaryl/α,β-unsaturated/α-hetero) is 1. The van der Waals surface area contributed by atoms with Gasteiger partial charge in [-0.25, -0.2) is 9.67 Å². The predicted molar refractivity (Wildman–Crippen MR) is 49.7 cm³/mol. The first kappa shape index (κ1) is 12.7. The summed E-state index contributed by atoms with van der Waals surface area (Å²) >= 11 is 0. The SMILES string of the molecule is CCCn1ncnc1CC(=O)CC(F)(F)F. The predicted octanol–water partition coefficient (Wildman–Crippen LogP) is 1.75. The Bertz CT molecular complexity index is 359. The molecule has 0 fully saturated rings. The zero-order chi connectivity index (χ0) is 12.2. The number of aryl methyl sites for hydroxylation is 1. The zero-order valence-electron chi connectivity index (χ0n) is 8.79. The molecule has 7 heteroatoms. The van der Waals surface area contributed by atoms with Crippen molar-refractivity contribution >= 4 is 5.78 Å². The minimum Gasteiger partial charge on any atom is -0.299 e. The van der Waals surface area contributed by atoms with Gasteiger partial charge in [0.05, 0.1) is 6.42 Å². The van der Waals surface area contributed by atoms with Crippen LogP contribution in [-0.2, 0) is 17.8 Å². The van der Waals surface area contributed by atoms with Gasteiger partial charge >= 0.3 is 6.18 Å². The van der Waals surface area contributed by atoms with Crippen LogP contribution in [0.4, 0.5) is 13.2 Å². The number of halogens is 3. The Kier molecular flexibility index (Phi) is 4.03. The number of carbonyl (C=O) groups excluding carboxylic acids is 1. The second kappa shape index (κ2) is 5.09. The molecule has 0 bridgehead atoms. The molecule has 90 valence electrons. The van der Waals surface area contributed by atoms with Gasteiger partial charge in [0.25, 0.3) is 0 Å². The molecule has 0 aliphatic heterocycles. The molecule has 0 saturated carbocycles. The van der Waals surface area contributed by atoms with Crippen molar-refractivity contribution in [2.24, 2.45) is 0 Å². The molecule has 0 atom stereocenters. The third-order valence-electron chi connectivity index (χ3n) is 1.88. The Hall–Kier alpha value is -1.40. The maximum Gasteiger partial charge on any atom is 0.395 e. The van der Waals surface area contributed by atoms with Gasteiger partial charge < -0.3 is 0 Å². The van der Waals surface area contributed by atoms with Gasteiger partial charge in [0.15, 0.2) is 0 Å². The van der Waals surface area contributed by atoms with E-state index in [0.717, 1.165) is 6.42 Å². The molecule has 1 heterocycles. The van der Waals surface area contributed by atoms with Crippen molar-refractivity contribution in [3.05, 3.63) is 12.2 Å². The maximum atomic E-state index is 11.9. The standard InChI is InChI=1S/C9H12F3N3O/c1-2-3-15-8(13-6-14-15)4-7(16)5-9(10,11)12/h6H,2-5H2,1H3. The quantitative estimate of drug-likeness (QED) is 0.781. The molecule has 0 amide bonds. The third-order valence-corrected chi connectivity index (χ3v) is 1.88. The lowest BCUT2D eigenvalue weighted by Gasteiger charge is -2.06. The summed E-state index contributed by atoms with van der Waals surface area (Å²) in [5.74, 6) is -0.603. The Balaban J connectivity index is 2.59. The monoisotopic (exact) mass is 235 g/mol. The fourth-order valence-corrected chi connectivity index (χ4v) is 1.29. The highest BCUT2D eigenvalue weighted by molar-refractivity contribution is 5.80. The van der Waals surface area contributed by atoms with E-state index < -0.39 is 18.4 Å². The van der Waals surface area contributed by atoms with Crippen molar-refractivity contribution in [2.45, 2.75) is 38.9 Å². The van der Waals surface area contributed by atoms with Crippen LogP contribution in [0.3, 0.4) is 0 Å². The molecule has 0 saturated heterocycles. The van der Waals surface area contributed by atoms with Gasteiger partial charge in [-0.1, -0.05) is 6.92 Å². The Morgan fingerprint density at radius 3 is 2.75 bits per heavy atom. The number of hydrogen-bond donors (Lipinski definition) is 0. The number of rotatable bonds is 5. The number of alkyl halides is 3. The summed E-state index contributed by atoms with van der Waals surface area (Å²) in [4.78, 5) is 14.8. The minimum atomic E-state index is -4.45. The first-order chi connectivity index (χ1) is 7.42. The number of aromatic nitrogens is 3. The normalized spacial score (nSPS) is 11.8. The van der Waals surface area contributed by atoms with Crippen LogP contribution in [0.2, 0.25) is 0 Å². The van der Waals surface area contributed by atoms with Crippen molar-refractivity contribution in [1.82, 2.24) is 14.8 Å². The molecule has 0 spiro atoms. The lowest BCUT2D eigenvalue weighted by molar-refractivity contribution is -0.151. The first-order valence-corrected chi connectivity index (χ1v) is 4.87. The Morgan fingerprint density at radius 2 is 2.19 bits per heavy atom. The van der Waals surface area contributed by atoms with Crippen LogP contribution in [0.15, 0.2) is 6.33 Å². The number of hydrogen-bond acceptors (Lipinski definition) is 3. The van der Waals surface area contributed by atoms with E-state index in [4.69, 9.17) is 0 Å². The van der Waals surface area contributed by atoms with E-state index in [-0.39, 0.29) is 12.2 Å². The van der Waals surface area contributed by atoms with Gasteiger partial charge in [-0.05, 0) is 6.42 Å². The summed E-state index contributed by atoms with van der Waals surface area (Å²) in [6, 6.07) is 0. The van der Waals surface area contributed by atoms with Gasteiger partial charge in [0.1, 0.15) is 24.4 Å². The molecule has 0 unspecified atom stereocenters. The van der Waals surface area contributed by atoms with Crippen molar-refractivity contribution in [3.63, 3.8) is 0 Å². The average molecular weight is 235 g/mol. The highest BCUT2D eigenvalue weighted by Gasteiger charge is 2.31. The van der Waals surface area contributed by atoms with Crippen molar-refractivity contribution in [1.29, 1.82) is 0 Å². The molecule has 0 N–H and O–H groups in total. The summed E-state index contributed by atoms with van der Waals surface area (Å²) in [6.45, 7) is 2.46. The van der Waals surface area contributed by atoms with Gasteiger partial charge in [-0.15, -0.1) is 0 Å². The van der Waals surface area contributed by atoms with Crippen molar-refractivity contribution < 1.29 is 18.0 Å². The lowest BCUT2D eigenvalue weighted by Crippen LogP contribution is -2.18. The molecular formula is C9H12F3N3O. The van der Waals surface area contributed by atoms with Gasteiger partial charge in [-0.2, -0.15) is 18.3 Å². The van der Waals surface area contributed by atoms with Crippen LogP contribution < -0.4 is 0 Å². The average Bonchev–Trinajstić information content (AvgIpc) is 2.50. The van der Waals surface area contributed by atoms with Gasteiger partial charge in [0.2, 0.25) is 0 Å². The van der Waals surface area contributed by atoms with E-state index >= 15 is 0 Å². The molecule has 16 heavy (non-hydrogen) atoms. The fourth-order valence-electron chi connectivity index (χ4n) is 1.29. The first-order valence-electron chi connectivity index (χ1n) is 4.87. The largest absolute Gasteiger partial charge is 0.395 e. The molecule has 0 aromatic carbocycles. The van der Waals surface area contributed by atoms with Gasteiger partial charge in [0, 0.05) is 6.54 Å². The molecule has 0 radical (unpaired) electrons. The lowest BCUT2D eigenvalue weighted by atomic mass is 10.2. The molecular weight excluding hydrogens is 223 g/mol. The second-order valence-corrected chi connectivity index (χ2v) is 3.41. The molecule has 0 aliphatic rings. The fraction of sp³-hybridized carbons (Fsp3) is 0.667. The topological polar surface area (TPSA) is 47.8 Å². The molecule has 1 aromatic heterocycles. The Morgan fingerprint density at radius 1 is 1.50 bits per heavy atom. The summed E-state index contributed by atoms with van der Waals surface area (Å²) in [6.07, 6.45) is -4.16. The van der Waals surface area contributed by atoms with E-state index in [9.17, 15) is 18.0 Å². The molecule has 1 rings (SSSR count). The summed E-state index contributed by atoms with van der Waals surface area (Å²) in [7, 11) is 0. The van der Waals surface area contributed by atoms with E-state index in [2.05, 4.69) is 10.1 Å². The molecule has 1 aromatic rings. The zero-order valence-corrected chi connectivity index (χ0v) is 8.79. The number of ketones is 1. The second-order valence-electron chi connectivity index (χ2n) is 3.41. The molecule has 4 nitrogen and oxygen atoms in total. The van der Waals surface area contributed by atoms with Crippen molar-refractivity contribution in [3.8, 4) is 0 Å². The van der Waals surface area contributed by atoms with Crippen LogP contribution in [0.1, 0.15) is 25.6 Å². The maximum absolute atomic E-state index is 11.9. The third kappa shape index (κ3) is 4.00. The van der Waals surface area contributed by atoms with Crippen LogP contribution >= 0.6 is 0 Å². The van der Waals surface area contributed by atoms with E-state index in [0.29, 0.717) is 6.54 Å². The number of carbonyl (C=O) groups is 1. The molecule has 0 aliphatic carbocycles. The minimum absolute atomic E-state index is 0.288. The van der Waals surface area contributed by atoms with E-state index in [1.807, 2.05) is 6.92 Å². The summed E-state index contributed by atoms with van der Waals surface area (Å²) in [5.41, 5.74) is 0. The smallest absolute Gasteiger partial charge is 0.299 e. The van der Waals surface area contributed by atoms with Crippen LogP contribution in [-0.4, -0.2) is 26.7 Å². The Labute approximate surface area is 90.5 Å². The number of nitrogens with zero attached hydrogens (tertiary/aromatic N) is 3. The summed E-state index contributed by atoms with van der Waals surface area (Å²) < 4.78 is 37.2.